The lowest BCUT2D eigenvalue weighted by Gasteiger charge is -2.46. The lowest BCUT2D eigenvalue weighted by atomic mass is 9.77. The number of nitrogens with zero attached hydrogens (tertiary/aromatic N) is 1. The van der Waals surface area contributed by atoms with Crippen LogP contribution in [0.4, 0.5) is 0 Å². The Morgan fingerprint density at radius 2 is 1.94 bits per heavy atom. The van der Waals surface area contributed by atoms with Crippen LogP contribution in [0.5, 0.6) is 0 Å². The molecule has 1 saturated carbocycles. The molecule has 3 nitrogen and oxygen atoms in total. The molecule has 1 saturated heterocycles. The smallest absolute Gasteiger partial charge is 0.0698 e. The van der Waals surface area contributed by atoms with Crippen molar-refractivity contribution in [1.29, 1.82) is 0 Å². The van der Waals surface area contributed by atoms with E-state index in [9.17, 15) is 0 Å². The molecular weight excluding hydrogens is 224 g/mol. The Balaban J connectivity index is 1.73. The van der Waals surface area contributed by atoms with Crippen molar-refractivity contribution >= 4 is 0 Å². The summed E-state index contributed by atoms with van der Waals surface area (Å²) in [6.07, 6.45) is 8.05. The summed E-state index contributed by atoms with van der Waals surface area (Å²) in [7, 11) is 2.21. The quantitative estimate of drug-likeness (QED) is 0.788. The van der Waals surface area contributed by atoms with Gasteiger partial charge in [0, 0.05) is 19.1 Å². The van der Waals surface area contributed by atoms with E-state index in [2.05, 4.69) is 31.1 Å². The van der Waals surface area contributed by atoms with Crippen LogP contribution in [0.3, 0.4) is 0 Å². The van der Waals surface area contributed by atoms with Crippen molar-refractivity contribution in [3.63, 3.8) is 0 Å². The summed E-state index contributed by atoms with van der Waals surface area (Å²) in [5, 5.41) is 3.53. The Bertz CT molecular complexity index is 243. The molecule has 3 heteroatoms. The number of hydrogen-bond acceptors (Lipinski definition) is 3. The molecule has 0 aromatic carbocycles. The fourth-order valence-corrected chi connectivity index (χ4v) is 3.04. The highest BCUT2D eigenvalue weighted by Crippen LogP contribution is 2.40. The summed E-state index contributed by atoms with van der Waals surface area (Å²) in [4.78, 5) is 2.41. The van der Waals surface area contributed by atoms with Gasteiger partial charge >= 0.3 is 0 Å². The second-order valence-corrected chi connectivity index (χ2v) is 6.52. The second-order valence-electron chi connectivity index (χ2n) is 6.52. The maximum atomic E-state index is 6.48. The molecule has 2 fully saturated rings. The molecule has 106 valence electrons. The minimum absolute atomic E-state index is 0.225. The molecule has 0 aromatic rings. The fraction of sp³-hybridized carbons (Fsp3) is 1.00. The van der Waals surface area contributed by atoms with Crippen molar-refractivity contribution in [3.05, 3.63) is 0 Å². The molecular formula is C15H30N2O. The van der Waals surface area contributed by atoms with Crippen molar-refractivity contribution in [1.82, 2.24) is 10.2 Å². The summed E-state index contributed by atoms with van der Waals surface area (Å²) in [5.41, 5.74) is 0.225. The van der Waals surface area contributed by atoms with E-state index in [1.165, 1.54) is 51.6 Å². The van der Waals surface area contributed by atoms with Crippen molar-refractivity contribution < 1.29 is 4.74 Å². The Kier molecular flexibility index (Phi) is 5.05. The number of piperidine rings is 1. The Labute approximate surface area is 112 Å². The summed E-state index contributed by atoms with van der Waals surface area (Å²) in [5.74, 6) is 0. The van der Waals surface area contributed by atoms with Crippen LogP contribution in [0.25, 0.3) is 0 Å². The van der Waals surface area contributed by atoms with Gasteiger partial charge in [-0.1, -0.05) is 13.8 Å². The topological polar surface area (TPSA) is 24.5 Å². The Morgan fingerprint density at radius 3 is 2.44 bits per heavy atom. The van der Waals surface area contributed by atoms with E-state index in [-0.39, 0.29) is 5.60 Å². The van der Waals surface area contributed by atoms with Crippen LogP contribution in [0, 0.1) is 0 Å². The van der Waals surface area contributed by atoms with Crippen molar-refractivity contribution in [2.45, 2.75) is 70.1 Å². The number of hydrogen-bond donors (Lipinski definition) is 1. The Hall–Kier alpha value is -0.120. The molecule has 1 aliphatic heterocycles. The SMILES string of the molecule is CC(C)NCCC1(OC2CCN(C)CC2)CCC1. The summed E-state index contributed by atoms with van der Waals surface area (Å²) in [6.45, 7) is 7.93. The monoisotopic (exact) mass is 254 g/mol. The predicted octanol–water partition coefficient (Wildman–Crippen LogP) is 2.41. The van der Waals surface area contributed by atoms with E-state index < -0.39 is 0 Å². The molecule has 1 aliphatic carbocycles. The molecule has 0 radical (unpaired) electrons. The van der Waals surface area contributed by atoms with Gasteiger partial charge in [-0.05, 0) is 52.1 Å². The molecule has 18 heavy (non-hydrogen) atoms. The lowest BCUT2D eigenvalue weighted by molar-refractivity contribution is -0.154. The van der Waals surface area contributed by atoms with Gasteiger partial charge in [0.2, 0.25) is 0 Å². The minimum Gasteiger partial charge on any atom is -0.372 e. The van der Waals surface area contributed by atoms with Gasteiger partial charge < -0.3 is 15.0 Å². The third-order valence-electron chi connectivity index (χ3n) is 4.48. The van der Waals surface area contributed by atoms with E-state index in [0.717, 1.165) is 6.54 Å². The number of nitrogens with one attached hydrogen (secondary N) is 1. The van der Waals surface area contributed by atoms with Crippen LogP contribution in [0.2, 0.25) is 0 Å². The minimum atomic E-state index is 0.225. The number of rotatable bonds is 6. The lowest BCUT2D eigenvalue weighted by Crippen LogP contribution is -2.47. The molecule has 0 unspecified atom stereocenters. The third-order valence-corrected chi connectivity index (χ3v) is 4.48. The first-order valence-electron chi connectivity index (χ1n) is 7.69. The third kappa shape index (κ3) is 3.94. The molecule has 2 rings (SSSR count). The van der Waals surface area contributed by atoms with Crippen LogP contribution in [-0.2, 0) is 4.74 Å². The predicted molar refractivity (Wildman–Crippen MR) is 75.9 cm³/mol. The van der Waals surface area contributed by atoms with Crippen LogP contribution < -0.4 is 5.32 Å². The molecule has 2 aliphatic rings. The summed E-state index contributed by atoms with van der Waals surface area (Å²) in [6, 6.07) is 0.588. The van der Waals surface area contributed by atoms with Gasteiger partial charge in [0.15, 0.2) is 0 Å². The highest BCUT2D eigenvalue weighted by molar-refractivity contribution is 4.92. The van der Waals surface area contributed by atoms with E-state index in [4.69, 9.17) is 4.74 Å². The van der Waals surface area contributed by atoms with Crippen molar-refractivity contribution in [2.75, 3.05) is 26.7 Å². The van der Waals surface area contributed by atoms with E-state index in [1.54, 1.807) is 0 Å². The van der Waals surface area contributed by atoms with Gasteiger partial charge in [0.25, 0.3) is 0 Å². The van der Waals surface area contributed by atoms with Gasteiger partial charge in [-0.25, -0.2) is 0 Å². The standard InChI is InChI=1S/C15H30N2O/c1-13(2)16-10-9-15(7-4-8-15)18-14-5-11-17(3)12-6-14/h13-14,16H,4-12H2,1-3H3. The number of ether oxygens (including phenoxy) is 1. The fourth-order valence-electron chi connectivity index (χ4n) is 3.04. The van der Waals surface area contributed by atoms with Gasteiger partial charge in [0.1, 0.15) is 0 Å². The maximum absolute atomic E-state index is 6.48. The number of likely N-dealkylation sites (tertiary alicyclic amines) is 1. The maximum Gasteiger partial charge on any atom is 0.0698 e. The van der Waals surface area contributed by atoms with Gasteiger partial charge in [-0.15, -0.1) is 0 Å². The van der Waals surface area contributed by atoms with Crippen LogP contribution in [-0.4, -0.2) is 49.3 Å². The first kappa shape index (κ1) is 14.3. The average Bonchev–Trinajstić information content (AvgIpc) is 2.28. The van der Waals surface area contributed by atoms with Gasteiger partial charge in [-0.2, -0.15) is 0 Å². The van der Waals surface area contributed by atoms with Crippen LogP contribution >= 0.6 is 0 Å². The van der Waals surface area contributed by atoms with E-state index in [0.29, 0.717) is 12.1 Å². The summed E-state index contributed by atoms with van der Waals surface area (Å²) >= 11 is 0. The van der Waals surface area contributed by atoms with Gasteiger partial charge in [-0.3, -0.25) is 0 Å². The zero-order valence-electron chi connectivity index (χ0n) is 12.4. The van der Waals surface area contributed by atoms with Crippen molar-refractivity contribution in [2.24, 2.45) is 0 Å². The highest BCUT2D eigenvalue weighted by Gasteiger charge is 2.39. The molecule has 0 bridgehead atoms. The first-order valence-corrected chi connectivity index (χ1v) is 7.69. The molecule has 0 atom stereocenters. The molecule has 1 heterocycles. The average molecular weight is 254 g/mol. The van der Waals surface area contributed by atoms with Gasteiger partial charge in [0.05, 0.1) is 11.7 Å². The zero-order valence-corrected chi connectivity index (χ0v) is 12.4. The normalized spacial score (nSPS) is 25.3. The Morgan fingerprint density at radius 1 is 1.28 bits per heavy atom. The van der Waals surface area contributed by atoms with Crippen molar-refractivity contribution in [3.8, 4) is 0 Å². The van der Waals surface area contributed by atoms with Crippen LogP contribution in [0.1, 0.15) is 52.4 Å². The van der Waals surface area contributed by atoms with E-state index >= 15 is 0 Å². The van der Waals surface area contributed by atoms with Crippen LogP contribution in [0.15, 0.2) is 0 Å². The molecule has 0 spiro atoms. The molecule has 0 aromatic heterocycles. The highest BCUT2D eigenvalue weighted by atomic mass is 16.5. The zero-order chi connectivity index (χ0) is 13.0. The first-order chi connectivity index (χ1) is 8.60. The summed E-state index contributed by atoms with van der Waals surface area (Å²) < 4.78 is 6.48. The second kappa shape index (κ2) is 6.36. The van der Waals surface area contributed by atoms with E-state index in [1.807, 2.05) is 0 Å². The molecule has 0 amide bonds. The largest absolute Gasteiger partial charge is 0.372 e. The molecule has 1 N–H and O–H groups in total.